The highest BCUT2D eigenvalue weighted by molar-refractivity contribution is 7.98. The molecule has 172 valence electrons. The molecule has 1 heterocycles. The molecule has 0 saturated heterocycles. The van der Waals surface area contributed by atoms with Crippen LogP contribution in [0.5, 0.6) is 0 Å². The van der Waals surface area contributed by atoms with E-state index in [0.29, 0.717) is 30.7 Å². The molecule has 0 unspecified atom stereocenters. The van der Waals surface area contributed by atoms with Crippen LogP contribution >= 0.6 is 11.8 Å². The van der Waals surface area contributed by atoms with Crippen molar-refractivity contribution in [1.82, 2.24) is 14.9 Å². The lowest BCUT2D eigenvalue weighted by atomic mass is 9.98. The minimum Gasteiger partial charge on any atom is -0.480 e. The molecule has 6 nitrogen and oxygen atoms in total. The molecule has 1 amide bonds. The first kappa shape index (κ1) is 24.3. The number of carbonyl (C=O) groups excluding carboxylic acids is 1. The average molecular weight is 468 g/mol. The molecule has 0 aliphatic rings. The number of hydrogen-bond donors (Lipinski definition) is 2. The number of aryl methyl sites for hydroxylation is 1. The van der Waals surface area contributed by atoms with Crippen LogP contribution < -0.4 is 5.32 Å². The number of imidazole rings is 1. The van der Waals surface area contributed by atoms with E-state index >= 15 is 0 Å². The van der Waals surface area contributed by atoms with E-state index in [1.54, 1.807) is 42.9 Å². The largest absolute Gasteiger partial charge is 0.480 e. The van der Waals surface area contributed by atoms with Gasteiger partial charge in [0, 0.05) is 24.5 Å². The Kier molecular flexibility index (Phi) is 8.83. The summed E-state index contributed by atoms with van der Waals surface area (Å²) in [5, 5.41) is 12.0. The molecule has 0 saturated carbocycles. The highest BCUT2D eigenvalue weighted by atomic mass is 32.2. The number of halogens is 1. The number of allylic oxidation sites excluding steroid dienone is 1. The number of aliphatic carboxylic acids is 1. The van der Waals surface area contributed by atoms with Crippen LogP contribution in [0.4, 0.5) is 4.39 Å². The molecule has 0 fully saturated rings. The molecular weight excluding hydrogens is 441 g/mol. The molecule has 0 bridgehead atoms. The number of rotatable bonds is 11. The molecule has 33 heavy (non-hydrogen) atoms. The van der Waals surface area contributed by atoms with Gasteiger partial charge in [0.15, 0.2) is 0 Å². The van der Waals surface area contributed by atoms with E-state index in [2.05, 4.69) is 10.3 Å². The highest BCUT2D eigenvalue weighted by Gasteiger charge is 2.20. The maximum Gasteiger partial charge on any atom is 0.326 e. The zero-order valence-electron chi connectivity index (χ0n) is 18.3. The summed E-state index contributed by atoms with van der Waals surface area (Å²) in [6.45, 7) is 0.694. The van der Waals surface area contributed by atoms with E-state index in [0.717, 1.165) is 16.7 Å². The van der Waals surface area contributed by atoms with Crippen LogP contribution in [-0.4, -0.2) is 44.6 Å². The van der Waals surface area contributed by atoms with Crippen molar-refractivity contribution in [2.45, 2.75) is 25.4 Å². The maximum atomic E-state index is 13.4. The first-order chi connectivity index (χ1) is 16.0. The molecule has 1 atom stereocenters. The van der Waals surface area contributed by atoms with E-state index in [1.165, 1.54) is 23.9 Å². The summed E-state index contributed by atoms with van der Waals surface area (Å²) in [7, 11) is 0. The fourth-order valence-electron chi connectivity index (χ4n) is 3.34. The van der Waals surface area contributed by atoms with Gasteiger partial charge in [-0.3, -0.25) is 4.79 Å². The van der Waals surface area contributed by atoms with Crippen molar-refractivity contribution in [1.29, 1.82) is 0 Å². The Morgan fingerprint density at radius 2 is 2.00 bits per heavy atom. The van der Waals surface area contributed by atoms with Crippen LogP contribution in [0.1, 0.15) is 34.3 Å². The Balaban J connectivity index is 1.83. The Morgan fingerprint density at radius 1 is 1.21 bits per heavy atom. The van der Waals surface area contributed by atoms with E-state index in [4.69, 9.17) is 0 Å². The van der Waals surface area contributed by atoms with Gasteiger partial charge in [-0.15, -0.1) is 0 Å². The lowest BCUT2D eigenvalue weighted by Crippen LogP contribution is -2.41. The standard InChI is InChI=1S/C25H26FN3O3S/c1-33-14-10-23(25(31)32)28-24(30)21-4-2-3-18(16-21)15-20(9-12-29-13-11-27-17-29)19-5-7-22(26)8-6-19/h2-8,11,13,15-17,23H,9-10,12,14H2,1H3,(H,28,30)(H,31,32)/t23-/m0/s1. The van der Waals surface area contributed by atoms with Gasteiger partial charge < -0.3 is 15.0 Å². The summed E-state index contributed by atoms with van der Waals surface area (Å²) >= 11 is 1.53. The number of nitrogens with zero attached hydrogens (tertiary/aromatic N) is 2. The lowest BCUT2D eigenvalue weighted by molar-refractivity contribution is -0.139. The highest BCUT2D eigenvalue weighted by Crippen LogP contribution is 2.23. The second-order valence-electron chi connectivity index (χ2n) is 7.50. The lowest BCUT2D eigenvalue weighted by Gasteiger charge is -2.14. The van der Waals surface area contributed by atoms with Crippen LogP contribution in [0.3, 0.4) is 0 Å². The predicted octanol–water partition coefficient (Wildman–Crippen LogP) is 4.59. The summed E-state index contributed by atoms with van der Waals surface area (Å²) in [5.74, 6) is -1.15. The number of carboxylic acids is 1. The first-order valence-corrected chi connectivity index (χ1v) is 11.9. The average Bonchev–Trinajstić information content (AvgIpc) is 3.33. The number of hydrogen-bond acceptors (Lipinski definition) is 4. The van der Waals surface area contributed by atoms with Crippen molar-refractivity contribution in [2.24, 2.45) is 0 Å². The van der Waals surface area contributed by atoms with Gasteiger partial charge >= 0.3 is 5.97 Å². The molecule has 2 aromatic carbocycles. The smallest absolute Gasteiger partial charge is 0.326 e. The van der Waals surface area contributed by atoms with Gasteiger partial charge in [-0.1, -0.05) is 30.3 Å². The first-order valence-electron chi connectivity index (χ1n) is 10.5. The molecule has 1 aromatic heterocycles. The van der Waals surface area contributed by atoms with Crippen LogP contribution in [0.15, 0.2) is 67.3 Å². The van der Waals surface area contributed by atoms with Crippen molar-refractivity contribution >= 4 is 35.3 Å². The minimum atomic E-state index is -1.05. The molecular formula is C25H26FN3O3S. The van der Waals surface area contributed by atoms with Gasteiger partial charge in [-0.2, -0.15) is 11.8 Å². The Labute approximate surface area is 196 Å². The van der Waals surface area contributed by atoms with Gasteiger partial charge in [0.1, 0.15) is 11.9 Å². The molecule has 0 spiro atoms. The van der Waals surface area contributed by atoms with Gasteiger partial charge in [-0.25, -0.2) is 14.2 Å². The van der Waals surface area contributed by atoms with E-state index in [1.807, 2.05) is 29.2 Å². The van der Waals surface area contributed by atoms with Crippen molar-refractivity contribution in [2.75, 3.05) is 12.0 Å². The van der Waals surface area contributed by atoms with Crippen molar-refractivity contribution in [3.63, 3.8) is 0 Å². The second kappa shape index (κ2) is 12.0. The fraction of sp³-hybridized carbons (Fsp3) is 0.240. The molecule has 3 aromatic rings. The fourth-order valence-corrected chi connectivity index (χ4v) is 3.81. The minimum absolute atomic E-state index is 0.305. The molecule has 0 radical (unpaired) electrons. The van der Waals surface area contributed by atoms with Gasteiger partial charge in [0.05, 0.1) is 6.33 Å². The number of benzene rings is 2. The monoisotopic (exact) mass is 467 g/mol. The number of nitrogens with one attached hydrogen (secondary N) is 1. The summed E-state index contributed by atoms with van der Waals surface area (Å²) in [6, 6.07) is 12.4. The van der Waals surface area contributed by atoms with Crippen LogP contribution in [0, 0.1) is 5.82 Å². The second-order valence-corrected chi connectivity index (χ2v) is 8.48. The number of carbonyl (C=O) groups is 2. The number of amides is 1. The normalized spacial score (nSPS) is 12.4. The van der Waals surface area contributed by atoms with Crippen LogP contribution in [0.2, 0.25) is 0 Å². The van der Waals surface area contributed by atoms with E-state index in [9.17, 15) is 19.1 Å². The summed E-state index contributed by atoms with van der Waals surface area (Å²) in [5.41, 5.74) is 3.04. The molecule has 3 rings (SSSR count). The summed E-state index contributed by atoms with van der Waals surface area (Å²) in [6.07, 6.45) is 10.2. The molecule has 0 aliphatic carbocycles. The van der Waals surface area contributed by atoms with E-state index < -0.39 is 17.9 Å². The zero-order chi connectivity index (χ0) is 23.6. The van der Waals surface area contributed by atoms with Crippen molar-refractivity contribution < 1.29 is 19.1 Å². The Morgan fingerprint density at radius 3 is 2.67 bits per heavy atom. The molecule has 2 N–H and O–H groups in total. The number of carboxylic acid groups (broad SMARTS) is 1. The third kappa shape index (κ3) is 7.32. The molecule has 0 aliphatic heterocycles. The predicted molar refractivity (Wildman–Crippen MR) is 129 cm³/mol. The number of thioether (sulfide) groups is 1. The quantitative estimate of drug-likeness (QED) is 0.403. The van der Waals surface area contributed by atoms with Crippen LogP contribution in [0.25, 0.3) is 11.6 Å². The SMILES string of the molecule is CSCC[C@H](NC(=O)c1cccc(C=C(CCn2ccnc2)c2ccc(F)cc2)c1)C(=O)O. The third-order valence-corrected chi connectivity index (χ3v) is 5.76. The third-order valence-electron chi connectivity index (χ3n) is 5.12. The summed E-state index contributed by atoms with van der Waals surface area (Å²) in [4.78, 5) is 28.2. The Bertz CT molecular complexity index is 1100. The van der Waals surface area contributed by atoms with Crippen LogP contribution in [-0.2, 0) is 11.3 Å². The topological polar surface area (TPSA) is 84.2 Å². The Hall–Kier alpha value is -3.39. The van der Waals surface area contributed by atoms with Crippen molar-refractivity contribution in [3.05, 3.63) is 89.8 Å². The maximum absolute atomic E-state index is 13.4. The van der Waals surface area contributed by atoms with E-state index in [-0.39, 0.29) is 5.82 Å². The van der Waals surface area contributed by atoms with Gasteiger partial charge in [-0.05, 0) is 65.8 Å². The number of aromatic nitrogens is 2. The zero-order valence-corrected chi connectivity index (χ0v) is 19.1. The molecule has 8 heteroatoms. The summed E-state index contributed by atoms with van der Waals surface area (Å²) < 4.78 is 15.4. The van der Waals surface area contributed by atoms with Gasteiger partial charge in [0.2, 0.25) is 0 Å². The van der Waals surface area contributed by atoms with Crippen molar-refractivity contribution in [3.8, 4) is 0 Å². The van der Waals surface area contributed by atoms with Gasteiger partial charge in [0.25, 0.3) is 5.91 Å².